The van der Waals surface area contributed by atoms with Gasteiger partial charge >= 0.3 is 0 Å². The van der Waals surface area contributed by atoms with Gasteiger partial charge in [0.1, 0.15) is 0 Å². The summed E-state index contributed by atoms with van der Waals surface area (Å²) in [6, 6.07) is 0.755. The van der Waals surface area contributed by atoms with Gasteiger partial charge < -0.3 is 10.6 Å². The first-order valence-electron chi connectivity index (χ1n) is 8.66. The van der Waals surface area contributed by atoms with Crippen molar-refractivity contribution in [3.63, 3.8) is 0 Å². The molecule has 0 radical (unpaired) electrons. The first-order valence-corrected chi connectivity index (χ1v) is 9.81. The van der Waals surface area contributed by atoms with E-state index in [1.54, 1.807) is 0 Å². The SMILES string of the molecule is C1CN1.CCCCCCNC(C)C([SiH3])CCCCC. The van der Waals surface area contributed by atoms with Crippen LogP contribution >= 0.6 is 0 Å². The van der Waals surface area contributed by atoms with Gasteiger partial charge in [0.15, 0.2) is 0 Å². The maximum Gasteiger partial charge on any atom is 0.00869 e. The molecule has 0 spiro atoms. The van der Waals surface area contributed by atoms with Crippen LogP contribution in [0.1, 0.15) is 72.1 Å². The molecular formula is C16H38N2Si. The van der Waals surface area contributed by atoms with Crippen LogP contribution in [0.3, 0.4) is 0 Å². The molecule has 1 heterocycles. The van der Waals surface area contributed by atoms with E-state index in [0.29, 0.717) is 0 Å². The molecule has 1 rings (SSSR count). The molecule has 2 atom stereocenters. The molecule has 2 N–H and O–H groups in total. The van der Waals surface area contributed by atoms with Crippen LogP contribution in [-0.2, 0) is 0 Å². The Bertz CT molecular complexity index is 171. The van der Waals surface area contributed by atoms with E-state index in [4.69, 9.17) is 0 Å². The molecule has 1 aliphatic rings. The predicted molar refractivity (Wildman–Crippen MR) is 92.3 cm³/mol. The lowest BCUT2D eigenvalue weighted by Gasteiger charge is -2.21. The summed E-state index contributed by atoms with van der Waals surface area (Å²) in [5.41, 5.74) is 0.970. The molecule has 0 aromatic rings. The van der Waals surface area contributed by atoms with E-state index in [1.165, 1.54) is 81.2 Å². The van der Waals surface area contributed by atoms with Crippen LogP contribution < -0.4 is 10.6 Å². The van der Waals surface area contributed by atoms with Gasteiger partial charge in [-0.15, -0.1) is 0 Å². The highest BCUT2D eigenvalue weighted by molar-refractivity contribution is 6.12. The first kappa shape index (κ1) is 19.1. The molecule has 116 valence electrons. The van der Waals surface area contributed by atoms with Gasteiger partial charge in [-0.05, 0) is 25.4 Å². The van der Waals surface area contributed by atoms with Gasteiger partial charge in [0, 0.05) is 29.4 Å². The largest absolute Gasteiger partial charge is 0.314 e. The van der Waals surface area contributed by atoms with Gasteiger partial charge in [-0.25, -0.2) is 0 Å². The Hall–Kier alpha value is 0.137. The Kier molecular flexibility index (Phi) is 14.6. The molecule has 0 aliphatic carbocycles. The summed E-state index contributed by atoms with van der Waals surface area (Å²) in [5, 5.41) is 6.70. The van der Waals surface area contributed by atoms with Crippen molar-refractivity contribution in [2.24, 2.45) is 0 Å². The molecule has 0 saturated carbocycles. The third-order valence-electron chi connectivity index (χ3n) is 3.86. The molecule has 0 aromatic carbocycles. The van der Waals surface area contributed by atoms with E-state index in [0.717, 1.165) is 11.6 Å². The lowest BCUT2D eigenvalue weighted by atomic mass is 10.1. The van der Waals surface area contributed by atoms with E-state index in [-0.39, 0.29) is 0 Å². The van der Waals surface area contributed by atoms with Crippen LogP contribution in [0.4, 0.5) is 0 Å². The maximum absolute atomic E-state index is 3.70. The van der Waals surface area contributed by atoms with Gasteiger partial charge in [0.25, 0.3) is 0 Å². The second kappa shape index (κ2) is 14.5. The average Bonchev–Trinajstić information content (AvgIpc) is 3.26. The minimum absolute atomic E-state index is 0.755. The highest BCUT2D eigenvalue weighted by Gasteiger charge is 2.10. The van der Waals surface area contributed by atoms with Crippen molar-refractivity contribution in [1.82, 2.24) is 10.6 Å². The highest BCUT2D eigenvalue weighted by Crippen LogP contribution is 2.16. The molecule has 2 nitrogen and oxygen atoms in total. The Labute approximate surface area is 124 Å². The van der Waals surface area contributed by atoms with E-state index in [9.17, 15) is 0 Å². The van der Waals surface area contributed by atoms with Crippen molar-refractivity contribution in [3.05, 3.63) is 0 Å². The van der Waals surface area contributed by atoms with Crippen molar-refractivity contribution < 1.29 is 0 Å². The highest BCUT2D eigenvalue weighted by atomic mass is 28.1. The Balaban J connectivity index is 0.000000934. The minimum Gasteiger partial charge on any atom is -0.314 e. The number of rotatable bonds is 11. The molecule has 0 amide bonds. The van der Waals surface area contributed by atoms with Crippen LogP contribution in [0.25, 0.3) is 0 Å². The predicted octanol–water partition coefficient (Wildman–Crippen LogP) is 2.87. The number of hydrogen-bond donors (Lipinski definition) is 2. The fourth-order valence-electron chi connectivity index (χ4n) is 2.05. The zero-order valence-corrected chi connectivity index (χ0v) is 15.9. The average molecular weight is 287 g/mol. The third-order valence-corrected chi connectivity index (χ3v) is 5.44. The summed E-state index contributed by atoms with van der Waals surface area (Å²) in [6.45, 7) is 10.7. The van der Waals surface area contributed by atoms with E-state index >= 15 is 0 Å². The van der Waals surface area contributed by atoms with Gasteiger partial charge in [-0.2, -0.15) is 0 Å². The molecule has 3 heteroatoms. The van der Waals surface area contributed by atoms with Crippen molar-refractivity contribution in [3.8, 4) is 0 Å². The van der Waals surface area contributed by atoms with Crippen molar-refractivity contribution in [2.75, 3.05) is 19.6 Å². The van der Waals surface area contributed by atoms with Gasteiger partial charge in [-0.1, -0.05) is 58.8 Å². The third kappa shape index (κ3) is 16.1. The Morgan fingerprint density at radius 1 is 1.00 bits per heavy atom. The Morgan fingerprint density at radius 3 is 2.11 bits per heavy atom. The number of nitrogens with one attached hydrogen (secondary N) is 2. The van der Waals surface area contributed by atoms with E-state index in [2.05, 4.69) is 31.4 Å². The van der Waals surface area contributed by atoms with Crippen molar-refractivity contribution in [2.45, 2.75) is 83.7 Å². The fourth-order valence-corrected chi connectivity index (χ4v) is 2.69. The van der Waals surface area contributed by atoms with Crippen LogP contribution in [-0.4, -0.2) is 35.9 Å². The zero-order chi connectivity index (χ0) is 14.3. The first-order chi connectivity index (χ1) is 9.22. The summed E-state index contributed by atoms with van der Waals surface area (Å²) < 4.78 is 0. The summed E-state index contributed by atoms with van der Waals surface area (Å²) in [6.07, 6.45) is 11.2. The number of unbranched alkanes of at least 4 members (excludes halogenated alkanes) is 5. The smallest absolute Gasteiger partial charge is 0.00869 e. The van der Waals surface area contributed by atoms with Gasteiger partial charge in [0.05, 0.1) is 0 Å². The summed E-state index contributed by atoms with van der Waals surface area (Å²) in [4.78, 5) is 0. The van der Waals surface area contributed by atoms with Crippen molar-refractivity contribution >= 4 is 10.2 Å². The summed E-state index contributed by atoms with van der Waals surface area (Å²) in [5.74, 6) is 0. The molecular weight excluding hydrogens is 248 g/mol. The number of hydrogen-bond acceptors (Lipinski definition) is 2. The van der Waals surface area contributed by atoms with E-state index in [1.807, 2.05) is 0 Å². The van der Waals surface area contributed by atoms with Gasteiger partial charge in [0.2, 0.25) is 0 Å². The van der Waals surface area contributed by atoms with Crippen LogP contribution in [0, 0.1) is 0 Å². The van der Waals surface area contributed by atoms with Gasteiger partial charge in [-0.3, -0.25) is 0 Å². The second-order valence-electron chi connectivity index (χ2n) is 6.03. The summed E-state index contributed by atoms with van der Waals surface area (Å²) >= 11 is 0. The van der Waals surface area contributed by atoms with Crippen molar-refractivity contribution in [1.29, 1.82) is 0 Å². The molecule has 1 saturated heterocycles. The molecule has 1 fully saturated rings. The quantitative estimate of drug-likeness (QED) is 0.348. The zero-order valence-electron chi connectivity index (χ0n) is 13.9. The molecule has 0 bridgehead atoms. The second-order valence-corrected chi connectivity index (χ2v) is 7.51. The standard InChI is InChI=1S/C14H33NSi.C2H5N/c1-4-6-8-10-12-15-13(3)14(16)11-9-7-5-2;1-2-3-1/h13-15H,4-12H2,1-3,16H3;3H,1-2H2. The topological polar surface area (TPSA) is 34.0 Å². The fraction of sp³-hybridized carbons (Fsp3) is 1.00. The van der Waals surface area contributed by atoms with Crippen LogP contribution in [0.15, 0.2) is 0 Å². The Morgan fingerprint density at radius 2 is 1.58 bits per heavy atom. The molecule has 19 heavy (non-hydrogen) atoms. The molecule has 2 unspecified atom stereocenters. The lowest BCUT2D eigenvalue weighted by molar-refractivity contribution is 0.471. The lowest BCUT2D eigenvalue weighted by Crippen LogP contribution is -2.31. The monoisotopic (exact) mass is 286 g/mol. The summed E-state index contributed by atoms with van der Waals surface area (Å²) in [7, 11) is 1.35. The van der Waals surface area contributed by atoms with Crippen LogP contribution in [0.2, 0.25) is 5.54 Å². The van der Waals surface area contributed by atoms with Crippen LogP contribution in [0.5, 0.6) is 0 Å². The maximum atomic E-state index is 3.70. The molecule has 1 aliphatic heterocycles. The molecule has 0 aromatic heterocycles. The van der Waals surface area contributed by atoms with E-state index < -0.39 is 0 Å². The normalized spacial score (nSPS) is 16.6. The minimum atomic E-state index is 0.755.